The highest BCUT2D eigenvalue weighted by Gasteiger charge is 2.43. The van der Waals surface area contributed by atoms with Crippen LogP contribution in [0.3, 0.4) is 0 Å². The highest BCUT2D eigenvalue weighted by molar-refractivity contribution is 5.99. The summed E-state index contributed by atoms with van der Waals surface area (Å²) in [4.78, 5) is 29.8. The van der Waals surface area contributed by atoms with Gasteiger partial charge in [0.1, 0.15) is 5.58 Å². The van der Waals surface area contributed by atoms with Crippen LogP contribution in [0.4, 0.5) is 0 Å². The maximum absolute atomic E-state index is 14.1. The molecule has 0 radical (unpaired) electrons. The molecule has 0 spiro atoms. The van der Waals surface area contributed by atoms with Crippen LogP contribution in [0.15, 0.2) is 51.7 Å². The number of benzene rings is 3. The van der Waals surface area contributed by atoms with Gasteiger partial charge in [-0.15, -0.1) is 0 Å². The van der Waals surface area contributed by atoms with Gasteiger partial charge < -0.3 is 33.0 Å². The molecule has 1 aliphatic rings. The van der Waals surface area contributed by atoms with E-state index < -0.39 is 6.04 Å². The number of ether oxygens (including phenoxy) is 5. The predicted octanol–water partition coefficient (Wildman–Crippen LogP) is 5.24. The zero-order chi connectivity index (χ0) is 29.4. The Hall–Kier alpha value is -4.66. The first-order valence-electron chi connectivity index (χ1n) is 13.2. The Morgan fingerprint density at radius 1 is 0.780 bits per heavy atom. The van der Waals surface area contributed by atoms with Gasteiger partial charge in [0.25, 0.3) is 5.91 Å². The Balaban J connectivity index is 1.68. The molecule has 0 saturated heterocycles. The summed E-state index contributed by atoms with van der Waals surface area (Å²) in [6.07, 6.45) is 0.493. The molecular weight excluding hydrogens is 526 g/mol. The van der Waals surface area contributed by atoms with Crippen LogP contribution >= 0.6 is 0 Å². The monoisotopic (exact) mass is 559 g/mol. The molecule has 214 valence electrons. The van der Waals surface area contributed by atoms with Crippen LogP contribution in [0.25, 0.3) is 11.0 Å². The molecule has 41 heavy (non-hydrogen) atoms. The van der Waals surface area contributed by atoms with Crippen molar-refractivity contribution in [3.8, 4) is 28.7 Å². The van der Waals surface area contributed by atoms with Gasteiger partial charge in [0.05, 0.1) is 52.5 Å². The zero-order valence-corrected chi connectivity index (χ0v) is 24.2. The topological polar surface area (TPSA) is 96.7 Å². The summed E-state index contributed by atoms with van der Waals surface area (Å²) in [6, 6.07) is 12.2. The van der Waals surface area contributed by atoms with Crippen molar-refractivity contribution in [1.29, 1.82) is 0 Å². The number of carbonyl (C=O) groups excluding carboxylic acids is 1. The summed E-state index contributed by atoms with van der Waals surface area (Å²) in [6.45, 7) is 4.10. The fourth-order valence-electron chi connectivity index (χ4n) is 5.60. The minimum absolute atomic E-state index is 0.0421. The number of rotatable bonds is 9. The third-order valence-corrected chi connectivity index (χ3v) is 7.49. The second-order valence-electron chi connectivity index (χ2n) is 9.93. The molecule has 0 N–H and O–H groups in total. The Morgan fingerprint density at radius 3 is 2.05 bits per heavy atom. The lowest BCUT2D eigenvalue weighted by molar-refractivity contribution is 0.0729. The second-order valence-corrected chi connectivity index (χ2v) is 9.93. The summed E-state index contributed by atoms with van der Waals surface area (Å²) in [7, 11) is 7.73. The van der Waals surface area contributed by atoms with Crippen molar-refractivity contribution >= 4 is 16.9 Å². The number of fused-ring (bicyclic) bond motifs is 2. The van der Waals surface area contributed by atoms with E-state index in [0.29, 0.717) is 58.2 Å². The first kappa shape index (κ1) is 27.9. The van der Waals surface area contributed by atoms with Crippen molar-refractivity contribution in [2.75, 3.05) is 42.1 Å². The molecule has 1 aromatic heterocycles. The Morgan fingerprint density at radius 2 is 1.44 bits per heavy atom. The van der Waals surface area contributed by atoms with E-state index in [-0.39, 0.29) is 22.7 Å². The molecule has 1 amide bonds. The molecule has 1 unspecified atom stereocenters. The van der Waals surface area contributed by atoms with Gasteiger partial charge in [-0.25, -0.2) is 0 Å². The molecule has 0 fully saturated rings. The second kappa shape index (κ2) is 11.1. The highest BCUT2D eigenvalue weighted by atomic mass is 16.5. The molecule has 5 rings (SSSR count). The molecule has 1 atom stereocenters. The van der Waals surface area contributed by atoms with E-state index in [1.165, 1.54) is 21.3 Å². The van der Waals surface area contributed by atoms with Crippen LogP contribution in [0.1, 0.15) is 44.4 Å². The normalized spacial score (nSPS) is 14.3. The van der Waals surface area contributed by atoms with Crippen LogP contribution in [0, 0.1) is 13.8 Å². The maximum Gasteiger partial charge on any atom is 0.290 e. The lowest BCUT2D eigenvalue weighted by Gasteiger charge is -2.26. The van der Waals surface area contributed by atoms with E-state index in [4.69, 9.17) is 28.1 Å². The van der Waals surface area contributed by atoms with Gasteiger partial charge in [0, 0.05) is 6.54 Å². The van der Waals surface area contributed by atoms with Crippen LogP contribution < -0.4 is 29.1 Å². The Labute approximate surface area is 238 Å². The van der Waals surface area contributed by atoms with Crippen molar-refractivity contribution in [3.63, 3.8) is 0 Å². The number of carbonyl (C=O) groups is 1. The van der Waals surface area contributed by atoms with Gasteiger partial charge in [0.15, 0.2) is 28.4 Å². The van der Waals surface area contributed by atoms with Crippen LogP contribution in [0.5, 0.6) is 28.7 Å². The fourth-order valence-corrected chi connectivity index (χ4v) is 5.60. The molecule has 0 aliphatic carbocycles. The van der Waals surface area contributed by atoms with Gasteiger partial charge in [-0.3, -0.25) is 9.59 Å². The number of amides is 1. The molecule has 9 nitrogen and oxygen atoms in total. The summed E-state index contributed by atoms with van der Waals surface area (Å²) >= 11 is 0. The molecule has 0 bridgehead atoms. The number of methoxy groups -OCH3 is 5. The van der Waals surface area contributed by atoms with Crippen molar-refractivity contribution in [2.24, 2.45) is 0 Å². The summed E-state index contributed by atoms with van der Waals surface area (Å²) in [5, 5.41) is 0.438. The predicted molar refractivity (Wildman–Crippen MR) is 154 cm³/mol. The minimum Gasteiger partial charge on any atom is -0.493 e. The van der Waals surface area contributed by atoms with Crippen molar-refractivity contribution in [2.45, 2.75) is 26.3 Å². The molecule has 9 heteroatoms. The first-order valence-corrected chi connectivity index (χ1v) is 13.2. The van der Waals surface area contributed by atoms with E-state index in [1.54, 1.807) is 37.3 Å². The fraction of sp³-hybridized carbons (Fsp3) is 0.312. The van der Waals surface area contributed by atoms with Gasteiger partial charge in [-0.05, 0) is 72.9 Å². The zero-order valence-electron chi connectivity index (χ0n) is 24.2. The number of aryl methyl sites for hydroxylation is 2. The van der Waals surface area contributed by atoms with Crippen LogP contribution in [-0.4, -0.2) is 52.9 Å². The first-order chi connectivity index (χ1) is 19.8. The van der Waals surface area contributed by atoms with Gasteiger partial charge in [-0.1, -0.05) is 12.1 Å². The summed E-state index contributed by atoms with van der Waals surface area (Å²) in [5.74, 6) is 2.13. The highest BCUT2D eigenvalue weighted by Crippen LogP contribution is 2.45. The average molecular weight is 560 g/mol. The van der Waals surface area contributed by atoms with E-state index >= 15 is 0 Å². The number of hydrogen-bond acceptors (Lipinski definition) is 8. The smallest absolute Gasteiger partial charge is 0.290 e. The molecule has 2 heterocycles. The third kappa shape index (κ3) is 4.71. The SMILES string of the molecule is COc1ccc(CCN2C(=O)c3oc4c(C)cc(C)cc4c(=O)c3C2c2cc(OC)c(OC)c(OC)c2)cc1OC. The largest absolute Gasteiger partial charge is 0.493 e. The van der Waals surface area contributed by atoms with Crippen LogP contribution in [-0.2, 0) is 6.42 Å². The van der Waals surface area contributed by atoms with E-state index in [2.05, 4.69) is 0 Å². The number of nitrogens with zero attached hydrogens (tertiary/aromatic N) is 1. The molecular formula is C32H33NO8. The van der Waals surface area contributed by atoms with Gasteiger partial charge in [-0.2, -0.15) is 0 Å². The number of hydrogen-bond donors (Lipinski definition) is 0. The van der Waals surface area contributed by atoms with E-state index in [9.17, 15) is 9.59 Å². The van der Waals surface area contributed by atoms with Crippen molar-refractivity contribution in [3.05, 3.63) is 86.3 Å². The van der Waals surface area contributed by atoms with Gasteiger partial charge in [0.2, 0.25) is 11.5 Å². The third-order valence-electron chi connectivity index (χ3n) is 7.49. The lowest BCUT2D eigenvalue weighted by Crippen LogP contribution is -2.31. The average Bonchev–Trinajstić information content (AvgIpc) is 3.26. The minimum atomic E-state index is -0.743. The van der Waals surface area contributed by atoms with Crippen molar-refractivity contribution < 1.29 is 32.9 Å². The van der Waals surface area contributed by atoms with Gasteiger partial charge >= 0.3 is 0 Å². The summed E-state index contributed by atoms with van der Waals surface area (Å²) < 4.78 is 33.8. The van der Waals surface area contributed by atoms with E-state index in [1.807, 2.05) is 38.1 Å². The molecule has 1 aliphatic heterocycles. The van der Waals surface area contributed by atoms with Crippen LogP contribution in [0.2, 0.25) is 0 Å². The lowest BCUT2D eigenvalue weighted by atomic mass is 9.96. The van der Waals surface area contributed by atoms with Crippen molar-refractivity contribution in [1.82, 2.24) is 4.90 Å². The maximum atomic E-state index is 14.1. The quantitative estimate of drug-likeness (QED) is 0.275. The van der Waals surface area contributed by atoms with E-state index in [0.717, 1.165) is 16.7 Å². The molecule has 0 saturated carbocycles. The molecule has 4 aromatic rings. The Kier molecular flexibility index (Phi) is 7.53. The summed E-state index contributed by atoms with van der Waals surface area (Å²) in [5.41, 5.74) is 3.75. The Bertz CT molecular complexity index is 1680. The molecule has 3 aromatic carbocycles. The standard InChI is InChI=1S/C32H33NO8/c1-17-12-18(2)29-21(13-17)28(34)26-27(20-15-24(38-5)30(40-7)25(16-20)39-6)33(32(35)31(26)41-29)11-10-19-8-9-22(36-3)23(14-19)37-4/h8-9,12-16,27H,10-11H2,1-7H3.